The highest BCUT2D eigenvalue weighted by Crippen LogP contribution is 2.43. The van der Waals surface area contributed by atoms with Gasteiger partial charge < -0.3 is 10.1 Å². The number of benzene rings is 1. The lowest BCUT2D eigenvalue weighted by Crippen LogP contribution is -2.48. The summed E-state index contributed by atoms with van der Waals surface area (Å²) in [6.07, 6.45) is -3.25. The quantitative estimate of drug-likeness (QED) is 0.851. The Morgan fingerprint density at radius 2 is 1.79 bits per heavy atom. The predicted molar refractivity (Wildman–Crippen MR) is 82.1 cm³/mol. The van der Waals surface area contributed by atoms with Gasteiger partial charge in [0.05, 0.1) is 5.56 Å². The molecule has 0 spiro atoms. The highest BCUT2D eigenvalue weighted by molar-refractivity contribution is 5.34. The zero-order chi connectivity index (χ0) is 17.2. The van der Waals surface area contributed by atoms with E-state index in [1.165, 1.54) is 0 Å². The Morgan fingerprint density at radius 3 is 2.42 bits per heavy atom. The third-order valence-electron chi connectivity index (χ3n) is 4.91. The number of hydrogen-bond donors (Lipinski definition) is 1. The van der Waals surface area contributed by atoms with E-state index in [2.05, 4.69) is 5.32 Å². The van der Waals surface area contributed by atoms with Gasteiger partial charge in [-0.1, -0.05) is 6.07 Å². The maximum absolute atomic E-state index is 14.6. The second-order valence-electron chi connectivity index (χ2n) is 6.38. The largest absolute Gasteiger partial charge is 0.416 e. The smallest absolute Gasteiger partial charge is 0.381 e. The summed E-state index contributed by atoms with van der Waals surface area (Å²) in [5.74, 6) is -0.797. The maximum Gasteiger partial charge on any atom is 0.416 e. The van der Waals surface area contributed by atoms with Gasteiger partial charge in [-0.25, -0.2) is 4.39 Å². The second-order valence-corrected chi connectivity index (χ2v) is 6.38. The minimum absolute atomic E-state index is 0.0325. The van der Waals surface area contributed by atoms with E-state index < -0.39 is 23.6 Å². The Morgan fingerprint density at radius 1 is 1.12 bits per heavy atom. The van der Waals surface area contributed by atoms with Crippen LogP contribution in [-0.2, 0) is 10.9 Å². The summed E-state index contributed by atoms with van der Waals surface area (Å²) in [5.41, 5.74) is -1.05. The topological polar surface area (TPSA) is 24.5 Å². The van der Waals surface area contributed by atoms with E-state index in [1.54, 1.807) is 0 Å². The first-order valence-electron chi connectivity index (χ1n) is 8.36. The molecule has 134 valence electrons. The fraction of sp³-hybridized carbons (Fsp3) is 0.647. The van der Waals surface area contributed by atoms with E-state index in [4.69, 9.17) is 4.74 Å². The molecule has 0 aromatic heterocycles. The van der Waals surface area contributed by atoms with Crippen LogP contribution in [0.4, 0.5) is 17.6 Å². The van der Waals surface area contributed by atoms with Gasteiger partial charge in [0.1, 0.15) is 5.82 Å². The lowest BCUT2D eigenvalue weighted by atomic mass is 9.83. The van der Waals surface area contributed by atoms with E-state index in [9.17, 15) is 17.6 Å². The molecule has 0 bridgehead atoms. The molecule has 1 aromatic carbocycles. The van der Waals surface area contributed by atoms with Gasteiger partial charge in [-0.2, -0.15) is 13.2 Å². The minimum Gasteiger partial charge on any atom is -0.381 e. The number of nitrogens with zero attached hydrogens (tertiary/aromatic N) is 1. The molecule has 7 heteroatoms. The average molecular weight is 346 g/mol. The Labute approximate surface area is 139 Å². The molecule has 2 aliphatic heterocycles. The summed E-state index contributed by atoms with van der Waals surface area (Å²) >= 11 is 0. The molecule has 3 nitrogen and oxygen atoms in total. The molecule has 2 saturated heterocycles. The summed E-state index contributed by atoms with van der Waals surface area (Å²) in [7, 11) is 0. The number of alkyl halides is 3. The van der Waals surface area contributed by atoms with Crippen LogP contribution in [0.15, 0.2) is 18.2 Å². The molecule has 2 heterocycles. The molecular weight excluding hydrogens is 324 g/mol. The molecule has 2 aliphatic rings. The lowest BCUT2D eigenvalue weighted by Gasteiger charge is -2.42. The van der Waals surface area contributed by atoms with Crippen LogP contribution in [-0.4, -0.2) is 44.3 Å². The fourth-order valence-electron chi connectivity index (χ4n) is 3.79. The number of ether oxygens (including phenoxy) is 1. The van der Waals surface area contributed by atoms with Crippen molar-refractivity contribution in [3.63, 3.8) is 0 Å². The third kappa shape index (κ3) is 3.73. The highest BCUT2D eigenvalue weighted by Gasteiger charge is 2.41. The summed E-state index contributed by atoms with van der Waals surface area (Å²) in [6.45, 7) is 3.68. The Hall–Kier alpha value is -1.18. The normalized spacial score (nSPS) is 22.5. The molecule has 0 unspecified atom stereocenters. The van der Waals surface area contributed by atoms with Crippen molar-refractivity contribution in [3.8, 4) is 0 Å². The van der Waals surface area contributed by atoms with Crippen molar-refractivity contribution in [2.75, 3.05) is 39.4 Å². The molecule has 0 aliphatic carbocycles. The van der Waals surface area contributed by atoms with Gasteiger partial charge in [0, 0.05) is 51.0 Å². The molecule has 1 N–H and O–H groups in total. The average Bonchev–Trinajstić information content (AvgIpc) is 2.57. The van der Waals surface area contributed by atoms with Gasteiger partial charge in [0.25, 0.3) is 0 Å². The Kier molecular flexibility index (Phi) is 5.42. The van der Waals surface area contributed by atoms with E-state index in [0.29, 0.717) is 52.2 Å². The van der Waals surface area contributed by atoms with Gasteiger partial charge in [-0.3, -0.25) is 4.90 Å². The van der Waals surface area contributed by atoms with Crippen LogP contribution in [0.2, 0.25) is 0 Å². The first-order chi connectivity index (χ1) is 11.5. The fourth-order valence-corrected chi connectivity index (χ4v) is 3.79. The van der Waals surface area contributed by atoms with Crippen molar-refractivity contribution in [1.82, 2.24) is 10.2 Å². The summed E-state index contributed by atoms with van der Waals surface area (Å²) in [6, 6.07) is 2.71. The molecule has 2 fully saturated rings. The second kappa shape index (κ2) is 7.37. The van der Waals surface area contributed by atoms with Crippen LogP contribution in [0, 0.1) is 11.7 Å². The van der Waals surface area contributed by atoms with Crippen LogP contribution in [0.5, 0.6) is 0 Å². The highest BCUT2D eigenvalue weighted by atomic mass is 19.4. The zero-order valence-electron chi connectivity index (χ0n) is 13.4. The number of hydrogen-bond acceptors (Lipinski definition) is 3. The van der Waals surface area contributed by atoms with E-state index in [-0.39, 0.29) is 11.5 Å². The van der Waals surface area contributed by atoms with Crippen LogP contribution >= 0.6 is 0 Å². The van der Waals surface area contributed by atoms with Crippen LogP contribution in [0.1, 0.15) is 30.0 Å². The maximum atomic E-state index is 14.6. The van der Waals surface area contributed by atoms with Gasteiger partial charge >= 0.3 is 6.18 Å². The molecule has 0 amide bonds. The first-order valence-corrected chi connectivity index (χ1v) is 8.36. The Bertz CT molecular complexity index is 534. The lowest BCUT2D eigenvalue weighted by molar-refractivity contribution is -0.139. The van der Waals surface area contributed by atoms with E-state index in [1.807, 2.05) is 4.90 Å². The molecular formula is C17H22F4N2O. The molecule has 24 heavy (non-hydrogen) atoms. The van der Waals surface area contributed by atoms with Crippen LogP contribution in [0.25, 0.3) is 0 Å². The van der Waals surface area contributed by atoms with Crippen LogP contribution in [0.3, 0.4) is 0 Å². The van der Waals surface area contributed by atoms with E-state index >= 15 is 0 Å². The van der Waals surface area contributed by atoms with Gasteiger partial charge in [0.2, 0.25) is 0 Å². The molecule has 1 aromatic rings. The van der Waals surface area contributed by atoms with Gasteiger partial charge in [0.15, 0.2) is 0 Å². The number of piperazine rings is 1. The summed E-state index contributed by atoms with van der Waals surface area (Å²) < 4.78 is 60.4. The van der Waals surface area contributed by atoms with Crippen molar-refractivity contribution in [1.29, 1.82) is 0 Å². The van der Waals surface area contributed by atoms with Gasteiger partial charge in [-0.05, 0) is 30.9 Å². The van der Waals surface area contributed by atoms with Crippen molar-refractivity contribution in [3.05, 3.63) is 35.1 Å². The molecule has 1 atom stereocenters. The first kappa shape index (κ1) is 17.6. The third-order valence-corrected chi connectivity index (χ3v) is 4.91. The van der Waals surface area contributed by atoms with E-state index in [0.717, 1.165) is 18.2 Å². The van der Waals surface area contributed by atoms with Crippen molar-refractivity contribution < 1.29 is 22.3 Å². The van der Waals surface area contributed by atoms with Crippen LogP contribution < -0.4 is 5.32 Å². The number of rotatable bonds is 3. The SMILES string of the molecule is Fc1cccc(C(F)(F)F)c1[C@H](C1CCOCC1)N1CCNCC1. The standard InChI is InChI=1S/C17H22F4N2O/c18-14-3-1-2-13(17(19,20)21)15(14)16(12-4-10-24-11-5-12)23-8-6-22-7-9-23/h1-3,12,16,22H,4-11H2/t16-/m0/s1. The molecule has 0 saturated carbocycles. The summed E-state index contributed by atoms with van der Waals surface area (Å²) in [4.78, 5) is 2.00. The number of halogens is 4. The van der Waals surface area contributed by atoms with Crippen molar-refractivity contribution >= 4 is 0 Å². The molecule has 3 rings (SSSR count). The monoisotopic (exact) mass is 346 g/mol. The predicted octanol–water partition coefficient (Wildman–Crippen LogP) is 3.22. The van der Waals surface area contributed by atoms with Crippen molar-refractivity contribution in [2.45, 2.75) is 25.1 Å². The minimum atomic E-state index is -4.56. The molecule has 0 radical (unpaired) electrons. The summed E-state index contributed by atoms with van der Waals surface area (Å²) in [5, 5.41) is 3.20. The zero-order valence-corrected chi connectivity index (χ0v) is 13.4. The number of nitrogens with one attached hydrogen (secondary N) is 1. The van der Waals surface area contributed by atoms with Gasteiger partial charge in [-0.15, -0.1) is 0 Å². The van der Waals surface area contributed by atoms with Crippen molar-refractivity contribution in [2.24, 2.45) is 5.92 Å². The Balaban J connectivity index is 2.04.